The van der Waals surface area contributed by atoms with Crippen LogP contribution in [0.15, 0.2) is 59.6 Å². The normalized spacial score (nSPS) is 11.4. The van der Waals surface area contributed by atoms with Crippen molar-refractivity contribution >= 4 is 27.5 Å². The molecular formula is C21H19ClFN3O4S. The van der Waals surface area contributed by atoms with Gasteiger partial charge in [0.25, 0.3) is 0 Å². The van der Waals surface area contributed by atoms with E-state index in [1.54, 1.807) is 24.4 Å². The Kier molecular flexibility index (Phi) is 6.71. The van der Waals surface area contributed by atoms with Crippen LogP contribution in [0.2, 0.25) is 5.02 Å². The Bertz CT molecular complexity index is 1230. The molecule has 0 unspecified atom stereocenters. The van der Waals surface area contributed by atoms with Crippen molar-refractivity contribution in [2.24, 2.45) is 5.14 Å². The molecule has 1 aromatic heterocycles. The number of nitrogens with zero attached hydrogens (tertiary/aromatic N) is 2. The van der Waals surface area contributed by atoms with Crippen LogP contribution < -0.4 is 5.14 Å². The molecule has 2 aromatic carbocycles. The maximum atomic E-state index is 13.6. The van der Waals surface area contributed by atoms with Gasteiger partial charge in [-0.25, -0.2) is 23.0 Å². The lowest BCUT2D eigenvalue weighted by Gasteiger charge is -2.13. The minimum absolute atomic E-state index is 0.0386. The average molecular weight is 464 g/mol. The summed E-state index contributed by atoms with van der Waals surface area (Å²) in [6.07, 6.45) is 1.98. The quantitative estimate of drug-likeness (QED) is 0.428. The van der Waals surface area contributed by atoms with Gasteiger partial charge in [0.1, 0.15) is 5.82 Å². The second kappa shape index (κ2) is 9.11. The summed E-state index contributed by atoms with van der Waals surface area (Å²) in [6, 6.07) is 11.9. The van der Waals surface area contributed by atoms with Gasteiger partial charge in [-0.3, -0.25) is 15.0 Å². The zero-order valence-electron chi connectivity index (χ0n) is 16.4. The summed E-state index contributed by atoms with van der Waals surface area (Å²) >= 11 is 5.93. The second-order valence-electron chi connectivity index (χ2n) is 6.86. The Morgan fingerprint density at radius 2 is 1.81 bits per heavy atom. The number of rotatable bonds is 6. The van der Waals surface area contributed by atoms with Gasteiger partial charge in [0.15, 0.2) is 0 Å². The number of hydroxylamine groups is 2. The molecule has 0 saturated carbocycles. The summed E-state index contributed by atoms with van der Waals surface area (Å²) in [5.74, 6) is -1.01. The number of aryl methyl sites for hydroxylation is 1. The number of aromatic nitrogens is 1. The van der Waals surface area contributed by atoms with E-state index in [4.69, 9.17) is 16.7 Å². The van der Waals surface area contributed by atoms with E-state index in [9.17, 15) is 22.8 Å². The standard InChI is InChI=1S/C21H19ClFN3O4S/c1-26(28)20(27)9-2-13-10-17(14-3-6-16(7-4-14)31(24,29)30)21(25-12-13)15-5-8-19(23)18(22)11-15/h3-8,10-12,28H,2,9H2,1H3,(H2,24,29,30). The third-order valence-corrected chi connectivity index (χ3v) is 5.84. The topological polar surface area (TPSA) is 114 Å². The molecule has 162 valence electrons. The molecule has 3 N–H and O–H groups in total. The minimum atomic E-state index is -3.85. The zero-order chi connectivity index (χ0) is 22.8. The smallest absolute Gasteiger partial charge is 0.245 e. The van der Waals surface area contributed by atoms with Gasteiger partial charge in [0, 0.05) is 30.8 Å². The van der Waals surface area contributed by atoms with Gasteiger partial charge >= 0.3 is 0 Å². The van der Waals surface area contributed by atoms with E-state index in [0.717, 1.165) is 5.56 Å². The van der Waals surface area contributed by atoms with Gasteiger partial charge in [-0.15, -0.1) is 0 Å². The molecule has 1 amide bonds. The molecule has 3 rings (SSSR count). The first-order chi connectivity index (χ1) is 14.6. The molecule has 10 heteroatoms. The van der Waals surface area contributed by atoms with Crippen LogP contribution in [-0.4, -0.2) is 36.6 Å². The number of amides is 1. The lowest BCUT2D eigenvalue weighted by atomic mass is 9.97. The summed E-state index contributed by atoms with van der Waals surface area (Å²) in [5.41, 5.74) is 3.06. The van der Waals surface area contributed by atoms with E-state index < -0.39 is 21.7 Å². The second-order valence-corrected chi connectivity index (χ2v) is 8.82. The molecule has 0 atom stereocenters. The summed E-state index contributed by atoms with van der Waals surface area (Å²) in [4.78, 5) is 16.1. The zero-order valence-corrected chi connectivity index (χ0v) is 18.0. The number of nitrogens with two attached hydrogens (primary N) is 1. The molecule has 0 aliphatic heterocycles. The third kappa shape index (κ3) is 5.45. The van der Waals surface area contributed by atoms with Crippen LogP contribution in [0.3, 0.4) is 0 Å². The summed E-state index contributed by atoms with van der Waals surface area (Å²) in [6.45, 7) is 0. The molecule has 0 bridgehead atoms. The van der Waals surface area contributed by atoms with Crippen LogP contribution in [0.1, 0.15) is 12.0 Å². The van der Waals surface area contributed by atoms with E-state index in [0.29, 0.717) is 33.9 Å². The number of sulfonamides is 1. The SMILES string of the molecule is CN(O)C(=O)CCc1cnc(-c2ccc(F)c(Cl)c2)c(-c2ccc(S(N)(=O)=O)cc2)c1. The van der Waals surface area contributed by atoms with Crippen LogP contribution in [0.25, 0.3) is 22.4 Å². The first-order valence-electron chi connectivity index (χ1n) is 9.09. The highest BCUT2D eigenvalue weighted by atomic mass is 35.5. The number of halogens is 2. The van der Waals surface area contributed by atoms with Gasteiger partial charge in [-0.05, 0) is 53.9 Å². The lowest BCUT2D eigenvalue weighted by molar-refractivity contribution is -0.159. The summed E-state index contributed by atoms with van der Waals surface area (Å²) in [7, 11) is -2.60. The summed E-state index contributed by atoms with van der Waals surface area (Å²) < 4.78 is 36.7. The molecule has 0 saturated heterocycles. The Morgan fingerprint density at radius 3 is 2.39 bits per heavy atom. The van der Waals surface area contributed by atoms with Crippen molar-refractivity contribution in [3.8, 4) is 22.4 Å². The highest BCUT2D eigenvalue weighted by Gasteiger charge is 2.15. The Labute approximate surface area is 183 Å². The fraction of sp³-hybridized carbons (Fsp3) is 0.143. The van der Waals surface area contributed by atoms with Gasteiger partial charge in [-0.1, -0.05) is 23.7 Å². The largest absolute Gasteiger partial charge is 0.286 e. The van der Waals surface area contributed by atoms with Crippen LogP contribution in [0.5, 0.6) is 0 Å². The molecule has 3 aromatic rings. The Morgan fingerprint density at radius 1 is 1.16 bits per heavy atom. The molecule has 0 aliphatic rings. The highest BCUT2D eigenvalue weighted by Crippen LogP contribution is 2.33. The average Bonchev–Trinajstić information content (AvgIpc) is 2.73. The number of hydrogen-bond donors (Lipinski definition) is 2. The van der Waals surface area contributed by atoms with Crippen LogP contribution in [0.4, 0.5) is 4.39 Å². The van der Waals surface area contributed by atoms with Crippen molar-refractivity contribution in [3.05, 3.63) is 71.1 Å². The molecule has 1 heterocycles. The first kappa shape index (κ1) is 22.8. The fourth-order valence-corrected chi connectivity index (χ4v) is 3.67. The van der Waals surface area contributed by atoms with E-state index in [-0.39, 0.29) is 16.3 Å². The number of pyridine rings is 1. The monoisotopic (exact) mass is 463 g/mol. The predicted octanol–water partition coefficient (Wildman–Crippen LogP) is 3.64. The molecule has 0 radical (unpaired) electrons. The predicted molar refractivity (Wildman–Crippen MR) is 114 cm³/mol. The van der Waals surface area contributed by atoms with Crippen LogP contribution in [-0.2, 0) is 21.2 Å². The van der Waals surface area contributed by atoms with Gasteiger partial charge < -0.3 is 0 Å². The molecule has 31 heavy (non-hydrogen) atoms. The van der Waals surface area contributed by atoms with Gasteiger partial charge in [0.05, 0.1) is 15.6 Å². The molecular weight excluding hydrogens is 445 g/mol. The van der Waals surface area contributed by atoms with Crippen molar-refractivity contribution in [1.82, 2.24) is 10.0 Å². The summed E-state index contributed by atoms with van der Waals surface area (Å²) in [5, 5.41) is 14.9. The number of hydrogen-bond acceptors (Lipinski definition) is 5. The van der Waals surface area contributed by atoms with Gasteiger partial charge in [-0.2, -0.15) is 0 Å². The van der Waals surface area contributed by atoms with Crippen molar-refractivity contribution in [2.45, 2.75) is 17.7 Å². The van der Waals surface area contributed by atoms with Crippen LogP contribution in [0, 0.1) is 5.82 Å². The van der Waals surface area contributed by atoms with E-state index in [1.807, 2.05) is 0 Å². The molecule has 0 aliphatic carbocycles. The highest BCUT2D eigenvalue weighted by molar-refractivity contribution is 7.89. The van der Waals surface area contributed by atoms with E-state index in [1.165, 1.54) is 37.4 Å². The maximum absolute atomic E-state index is 13.6. The molecule has 7 nitrogen and oxygen atoms in total. The lowest BCUT2D eigenvalue weighted by Crippen LogP contribution is -2.22. The van der Waals surface area contributed by atoms with Gasteiger partial charge in [0.2, 0.25) is 15.9 Å². The molecule has 0 spiro atoms. The number of benzene rings is 2. The van der Waals surface area contributed by atoms with Crippen molar-refractivity contribution in [2.75, 3.05) is 7.05 Å². The Hall–Kier alpha value is -2.85. The van der Waals surface area contributed by atoms with E-state index in [2.05, 4.69) is 4.98 Å². The van der Waals surface area contributed by atoms with Crippen LogP contribution >= 0.6 is 11.6 Å². The number of carbonyl (C=O) groups is 1. The molecule has 0 fully saturated rings. The number of carbonyl (C=O) groups excluding carboxylic acids is 1. The number of primary sulfonamides is 1. The first-order valence-corrected chi connectivity index (χ1v) is 11.0. The van der Waals surface area contributed by atoms with Crippen molar-refractivity contribution in [3.63, 3.8) is 0 Å². The van der Waals surface area contributed by atoms with Crippen molar-refractivity contribution < 1.29 is 22.8 Å². The third-order valence-electron chi connectivity index (χ3n) is 4.62. The van der Waals surface area contributed by atoms with E-state index >= 15 is 0 Å². The Balaban J connectivity index is 2.08. The maximum Gasteiger partial charge on any atom is 0.245 e. The van der Waals surface area contributed by atoms with Crippen molar-refractivity contribution in [1.29, 1.82) is 0 Å². The minimum Gasteiger partial charge on any atom is -0.286 e. The fourth-order valence-electron chi connectivity index (χ4n) is 2.98.